The Kier molecular flexibility index (Phi) is 3.80. The molecular weight excluding hydrogens is 250 g/mol. The van der Waals surface area contributed by atoms with Gasteiger partial charge in [-0.15, -0.1) is 0 Å². The first kappa shape index (κ1) is 12.9. The van der Waals surface area contributed by atoms with Gasteiger partial charge in [-0.05, 0) is 50.0 Å². The quantitative estimate of drug-likeness (QED) is 0.928. The molecule has 3 rings (SSSR count). The summed E-state index contributed by atoms with van der Waals surface area (Å²) in [6.07, 6.45) is 4.00. The molecule has 2 heterocycles. The molecule has 4 nitrogen and oxygen atoms in total. The minimum absolute atomic E-state index is 0.590. The molecule has 20 heavy (non-hydrogen) atoms. The Morgan fingerprint density at radius 2 is 2.10 bits per heavy atom. The van der Waals surface area contributed by atoms with Gasteiger partial charge >= 0.3 is 0 Å². The monoisotopic (exact) mass is 267 g/mol. The van der Waals surface area contributed by atoms with Gasteiger partial charge in [0.15, 0.2) is 0 Å². The van der Waals surface area contributed by atoms with Gasteiger partial charge in [-0.2, -0.15) is 5.26 Å². The minimum Gasteiger partial charge on any atom is -0.477 e. The van der Waals surface area contributed by atoms with Gasteiger partial charge in [-0.3, -0.25) is 0 Å². The molecule has 0 radical (unpaired) electrons. The molecule has 1 saturated heterocycles. The highest BCUT2D eigenvalue weighted by molar-refractivity contribution is 5.91. The standard InChI is InChI=1S/C16H17N3O/c17-10-13-2-1-3-15-14(13)6-9-19-16(15)20-11-12-4-7-18-8-5-12/h1-3,6,9,12,18H,4-5,7-8,11H2. The fraction of sp³-hybridized carbons (Fsp3) is 0.375. The number of nitrogens with one attached hydrogen (secondary N) is 1. The van der Waals surface area contributed by atoms with Crippen molar-refractivity contribution in [3.8, 4) is 11.9 Å². The van der Waals surface area contributed by atoms with E-state index in [-0.39, 0.29) is 0 Å². The van der Waals surface area contributed by atoms with Crippen molar-refractivity contribution in [1.29, 1.82) is 5.26 Å². The van der Waals surface area contributed by atoms with Crippen LogP contribution in [0.2, 0.25) is 0 Å². The van der Waals surface area contributed by atoms with Crippen molar-refractivity contribution < 1.29 is 4.74 Å². The number of pyridine rings is 1. The molecule has 1 aromatic carbocycles. The van der Waals surface area contributed by atoms with Crippen LogP contribution in [0.4, 0.5) is 0 Å². The van der Waals surface area contributed by atoms with E-state index in [0.29, 0.717) is 24.0 Å². The summed E-state index contributed by atoms with van der Waals surface area (Å²) >= 11 is 0. The van der Waals surface area contributed by atoms with E-state index in [2.05, 4.69) is 16.4 Å². The van der Waals surface area contributed by atoms with Gasteiger partial charge in [0.25, 0.3) is 0 Å². The predicted octanol–water partition coefficient (Wildman–Crippen LogP) is 2.48. The summed E-state index contributed by atoms with van der Waals surface area (Å²) in [6, 6.07) is 9.73. The number of nitriles is 1. The molecule has 1 aliphatic rings. The van der Waals surface area contributed by atoms with Crippen LogP contribution in [0, 0.1) is 17.2 Å². The first-order chi connectivity index (χ1) is 9.88. The average Bonchev–Trinajstić information content (AvgIpc) is 2.53. The molecule has 0 aliphatic carbocycles. The highest BCUT2D eigenvalue weighted by Crippen LogP contribution is 2.26. The Morgan fingerprint density at radius 3 is 2.90 bits per heavy atom. The molecule has 1 N–H and O–H groups in total. The zero-order valence-electron chi connectivity index (χ0n) is 11.3. The summed E-state index contributed by atoms with van der Waals surface area (Å²) in [7, 11) is 0. The molecule has 0 amide bonds. The van der Waals surface area contributed by atoms with Crippen molar-refractivity contribution in [1.82, 2.24) is 10.3 Å². The third-order valence-electron chi connectivity index (χ3n) is 3.80. The summed E-state index contributed by atoms with van der Waals surface area (Å²) in [5.74, 6) is 1.23. The zero-order valence-corrected chi connectivity index (χ0v) is 11.3. The highest BCUT2D eigenvalue weighted by atomic mass is 16.5. The molecule has 1 aromatic heterocycles. The fourth-order valence-electron chi connectivity index (χ4n) is 2.64. The largest absolute Gasteiger partial charge is 0.477 e. The normalized spacial score (nSPS) is 15.9. The number of hydrogen-bond acceptors (Lipinski definition) is 4. The fourth-order valence-corrected chi connectivity index (χ4v) is 2.64. The van der Waals surface area contributed by atoms with E-state index in [1.807, 2.05) is 24.3 Å². The summed E-state index contributed by atoms with van der Waals surface area (Å²) in [4.78, 5) is 4.32. The van der Waals surface area contributed by atoms with Crippen molar-refractivity contribution >= 4 is 10.8 Å². The van der Waals surface area contributed by atoms with Crippen molar-refractivity contribution in [3.63, 3.8) is 0 Å². The molecule has 1 aliphatic heterocycles. The molecular formula is C16H17N3O. The van der Waals surface area contributed by atoms with Gasteiger partial charge < -0.3 is 10.1 Å². The summed E-state index contributed by atoms with van der Waals surface area (Å²) < 4.78 is 5.91. The van der Waals surface area contributed by atoms with Gasteiger partial charge in [0.1, 0.15) is 0 Å². The lowest BCUT2D eigenvalue weighted by Gasteiger charge is -2.22. The van der Waals surface area contributed by atoms with Crippen LogP contribution in [0.15, 0.2) is 30.5 Å². The average molecular weight is 267 g/mol. The van der Waals surface area contributed by atoms with E-state index in [1.54, 1.807) is 6.20 Å². The lowest BCUT2D eigenvalue weighted by atomic mass is 9.99. The molecule has 0 atom stereocenters. The maximum Gasteiger partial charge on any atom is 0.221 e. The SMILES string of the molecule is N#Cc1cccc2c(OCC3CCNCC3)nccc12. The first-order valence-electron chi connectivity index (χ1n) is 7.00. The molecule has 0 saturated carbocycles. The summed E-state index contributed by atoms with van der Waals surface area (Å²) in [6.45, 7) is 2.83. The van der Waals surface area contributed by atoms with E-state index in [9.17, 15) is 0 Å². The summed E-state index contributed by atoms with van der Waals surface area (Å²) in [5.41, 5.74) is 0.664. The lowest BCUT2D eigenvalue weighted by molar-refractivity contribution is 0.211. The van der Waals surface area contributed by atoms with Crippen LogP contribution in [-0.4, -0.2) is 24.7 Å². The van der Waals surface area contributed by atoms with Gasteiger partial charge in [0, 0.05) is 17.0 Å². The van der Waals surface area contributed by atoms with Crippen LogP contribution < -0.4 is 10.1 Å². The van der Waals surface area contributed by atoms with Gasteiger partial charge in [-0.25, -0.2) is 4.98 Å². The maximum atomic E-state index is 9.14. The van der Waals surface area contributed by atoms with E-state index in [1.165, 1.54) is 0 Å². The maximum absolute atomic E-state index is 9.14. The predicted molar refractivity (Wildman–Crippen MR) is 77.5 cm³/mol. The minimum atomic E-state index is 0.590. The van der Waals surface area contributed by atoms with Crippen LogP contribution in [0.1, 0.15) is 18.4 Å². The Hall–Kier alpha value is -2.12. The van der Waals surface area contributed by atoms with Gasteiger partial charge in [0.2, 0.25) is 5.88 Å². The Bertz CT molecular complexity index is 642. The van der Waals surface area contributed by atoms with Crippen LogP contribution >= 0.6 is 0 Å². The van der Waals surface area contributed by atoms with E-state index in [4.69, 9.17) is 10.00 Å². The number of piperidine rings is 1. The second-order valence-electron chi connectivity index (χ2n) is 5.13. The second-order valence-corrected chi connectivity index (χ2v) is 5.13. The Balaban J connectivity index is 1.83. The third-order valence-corrected chi connectivity index (χ3v) is 3.80. The van der Waals surface area contributed by atoms with Gasteiger partial charge in [0.05, 0.1) is 18.2 Å². The van der Waals surface area contributed by atoms with Crippen LogP contribution in [0.25, 0.3) is 10.8 Å². The van der Waals surface area contributed by atoms with Crippen molar-refractivity contribution in [2.75, 3.05) is 19.7 Å². The number of rotatable bonds is 3. The number of hydrogen-bond donors (Lipinski definition) is 1. The molecule has 0 spiro atoms. The molecule has 4 heteroatoms. The Morgan fingerprint density at radius 1 is 1.25 bits per heavy atom. The number of nitrogens with zero attached hydrogens (tertiary/aromatic N) is 2. The van der Waals surface area contributed by atoms with Crippen LogP contribution in [0.5, 0.6) is 5.88 Å². The van der Waals surface area contributed by atoms with E-state index >= 15 is 0 Å². The van der Waals surface area contributed by atoms with Crippen molar-refractivity contribution in [3.05, 3.63) is 36.0 Å². The smallest absolute Gasteiger partial charge is 0.221 e. The van der Waals surface area contributed by atoms with E-state index in [0.717, 1.165) is 36.7 Å². The second kappa shape index (κ2) is 5.89. The topological polar surface area (TPSA) is 57.9 Å². The highest BCUT2D eigenvalue weighted by Gasteiger charge is 2.15. The third kappa shape index (κ3) is 2.59. The molecule has 2 aromatic rings. The van der Waals surface area contributed by atoms with Crippen molar-refractivity contribution in [2.24, 2.45) is 5.92 Å². The number of fused-ring (bicyclic) bond motifs is 1. The zero-order chi connectivity index (χ0) is 13.8. The molecule has 0 bridgehead atoms. The number of benzene rings is 1. The first-order valence-corrected chi connectivity index (χ1v) is 7.00. The lowest BCUT2D eigenvalue weighted by Crippen LogP contribution is -2.30. The van der Waals surface area contributed by atoms with E-state index < -0.39 is 0 Å². The summed E-state index contributed by atoms with van der Waals surface area (Å²) in [5, 5.41) is 14.3. The van der Waals surface area contributed by atoms with Crippen LogP contribution in [0.3, 0.4) is 0 Å². The number of ether oxygens (including phenoxy) is 1. The number of aromatic nitrogens is 1. The molecule has 102 valence electrons. The Labute approximate surface area is 118 Å². The van der Waals surface area contributed by atoms with Crippen LogP contribution in [-0.2, 0) is 0 Å². The molecule has 0 unspecified atom stereocenters. The molecule has 1 fully saturated rings. The van der Waals surface area contributed by atoms with Crippen molar-refractivity contribution in [2.45, 2.75) is 12.8 Å². The van der Waals surface area contributed by atoms with Gasteiger partial charge in [-0.1, -0.05) is 6.07 Å².